The fourth-order valence-corrected chi connectivity index (χ4v) is 2.54. The van der Waals surface area contributed by atoms with E-state index in [-0.39, 0.29) is 5.91 Å². The quantitative estimate of drug-likeness (QED) is 0.849. The van der Waals surface area contributed by atoms with Gasteiger partial charge in [-0.3, -0.25) is 4.79 Å². The number of rotatable bonds is 1. The molecule has 19 heavy (non-hydrogen) atoms. The molecule has 2 aromatic rings. The fourth-order valence-electron chi connectivity index (χ4n) is 2.24. The van der Waals surface area contributed by atoms with E-state index in [0.717, 1.165) is 0 Å². The third-order valence-corrected chi connectivity index (χ3v) is 3.93. The minimum atomic E-state index is -1.57. The van der Waals surface area contributed by atoms with Gasteiger partial charge in [-0.2, -0.15) is 0 Å². The Morgan fingerprint density at radius 1 is 1.05 bits per heavy atom. The Bertz CT molecular complexity index is 687. The Hall–Kier alpha value is -1.55. The average Bonchev–Trinajstić information content (AvgIpc) is 2.67. The Kier molecular flexibility index (Phi) is 2.78. The first-order valence-corrected chi connectivity index (χ1v) is 6.38. The molecule has 0 spiro atoms. The monoisotopic (exact) mass is 293 g/mol. The van der Waals surface area contributed by atoms with Crippen LogP contribution in [0, 0.1) is 0 Å². The Morgan fingerprint density at radius 2 is 1.79 bits per heavy atom. The number of carbonyl (C=O) groups excluding carboxylic acids is 1. The topological polar surface area (TPSA) is 49.3 Å². The maximum Gasteiger partial charge on any atom is 0.254 e. The molecule has 0 fully saturated rings. The van der Waals surface area contributed by atoms with Crippen LogP contribution >= 0.6 is 23.2 Å². The van der Waals surface area contributed by atoms with E-state index < -0.39 is 5.72 Å². The van der Waals surface area contributed by atoms with Gasteiger partial charge in [-0.1, -0.05) is 47.5 Å². The largest absolute Gasteiger partial charge is 0.363 e. The van der Waals surface area contributed by atoms with Gasteiger partial charge in [0.15, 0.2) is 5.72 Å². The van der Waals surface area contributed by atoms with E-state index in [1.165, 1.54) is 0 Å². The molecule has 3 rings (SSSR count). The van der Waals surface area contributed by atoms with Crippen LogP contribution in [0.5, 0.6) is 0 Å². The van der Waals surface area contributed by atoms with Crippen molar-refractivity contribution in [2.75, 3.05) is 0 Å². The van der Waals surface area contributed by atoms with E-state index in [9.17, 15) is 9.90 Å². The van der Waals surface area contributed by atoms with Gasteiger partial charge in [-0.15, -0.1) is 0 Å². The number of fused-ring (bicyclic) bond motifs is 1. The SMILES string of the molecule is O=C1N[C@](O)(c2ccc(Cl)c(Cl)c2)c2ccccc21. The first kappa shape index (κ1) is 12.5. The van der Waals surface area contributed by atoms with Gasteiger partial charge in [-0.25, -0.2) is 0 Å². The molecule has 0 saturated carbocycles. The second-order valence-corrected chi connectivity index (χ2v) is 5.15. The molecule has 3 nitrogen and oxygen atoms in total. The van der Waals surface area contributed by atoms with Crippen LogP contribution in [-0.4, -0.2) is 11.0 Å². The van der Waals surface area contributed by atoms with E-state index in [0.29, 0.717) is 26.7 Å². The highest BCUT2D eigenvalue weighted by Crippen LogP contribution is 2.36. The smallest absolute Gasteiger partial charge is 0.254 e. The lowest BCUT2D eigenvalue weighted by Crippen LogP contribution is -2.40. The summed E-state index contributed by atoms with van der Waals surface area (Å²) in [6.07, 6.45) is 0. The second kappa shape index (κ2) is 4.23. The molecular formula is C14H9Cl2NO2. The predicted octanol–water partition coefficient (Wildman–Crippen LogP) is 2.93. The van der Waals surface area contributed by atoms with Crippen LogP contribution in [0.2, 0.25) is 10.0 Å². The number of amides is 1. The van der Waals surface area contributed by atoms with E-state index in [2.05, 4.69) is 5.32 Å². The summed E-state index contributed by atoms with van der Waals surface area (Å²) in [7, 11) is 0. The van der Waals surface area contributed by atoms with Crippen molar-refractivity contribution in [2.45, 2.75) is 5.72 Å². The molecule has 1 atom stereocenters. The van der Waals surface area contributed by atoms with Gasteiger partial charge in [-0.05, 0) is 18.2 Å². The van der Waals surface area contributed by atoms with Crippen LogP contribution in [0.15, 0.2) is 42.5 Å². The van der Waals surface area contributed by atoms with E-state index >= 15 is 0 Å². The Labute approximate surface area is 119 Å². The van der Waals surface area contributed by atoms with Crippen molar-refractivity contribution < 1.29 is 9.90 Å². The first-order valence-electron chi connectivity index (χ1n) is 5.62. The molecule has 0 radical (unpaired) electrons. The zero-order valence-electron chi connectivity index (χ0n) is 9.65. The maximum atomic E-state index is 11.9. The van der Waals surface area contributed by atoms with Crippen LogP contribution in [0.1, 0.15) is 21.5 Å². The molecule has 0 aliphatic carbocycles. The van der Waals surface area contributed by atoms with Crippen molar-refractivity contribution in [2.24, 2.45) is 0 Å². The van der Waals surface area contributed by atoms with Gasteiger partial charge in [0.05, 0.1) is 10.0 Å². The van der Waals surface area contributed by atoms with E-state index in [4.69, 9.17) is 23.2 Å². The molecule has 0 unspecified atom stereocenters. The number of hydrogen-bond acceptors (Lipinski definition) is 2. The summed E-state index contributed by atoms with van der Waals surface area (Å²) in [6, 6.07) is 11.7. The van der Waals surface area contributed by atoms with Crippen molar-refractivity contribution in [3.63, 3.8) is 0 Å². The summed E-state index contributed by atoms with van der Waals surface area (Å²) in [5.74, 6) is -0.316. The fraction of sp³-hybridized carbons (Fsp3) is 0.0714. The Morgan fingerprint density at radius 3 is 2.53 bits per heavy atom. The second-order valence-electron chi connectivity index (χ2n) is 4.34. The Balaban J connectivity index is 2.19. The lowest BCUT2D eigenvalue weighted by molar-refractivity contribution is 0.0476. The molecular weight excluding hydrogens is 285 g/mol. The molecule has 96 valence electrons. The molecule has 5 heteroatoms. The van der Waals surface area contributed by atoms with Crippen LogP contribution in [0.3, 0.4) is 0 Å². The molecule has 1 aliphatic rings. The molecule has 0 bridgehead atoms. The summed E-state index contributed by atoms with van der Waals surface area (Å²) in [5, 5.41) is 14.1. The van der Waals surface area contributed by atoms with Gasteiger partial charge in [0.25, 0.3) is 5.91 Å². The molecule has 2 aromatic carbocycles. The zero-order valence-corrected chi connectivity index (χ0v) is 11.2. The molecule has 1 aliphatic heterocycles. The van der Waals surface area contributed by atoms with Crippen molar-refractivity contribution in [3.05, 3.63) is 69.2 Å². The lowest BCUT2D eigenvalue weighted by Gasteiger charge is -2.24. The van der Waals surface area contributed by atoms with E-state index in [1.807, 2.05) is 0 Å². The number of hydrogen-bond donors (Lipinski definition) is 2. The van der Waals surface area contributed by atoms with Crippen LogP contribution in [0.4, 0.5) is 0 Å². The summed E-state index contributed by atoms with van der Waals surface area (Å²) in [5.41, 5.74) is -0.128. The molecule has 1 heterocycles. The van der Waals surface area contributed by atoms with Crippen molar-refractivity contribution in [3.8, 4) is 0 Å². The van der Waals surface area contributed by atoms with Crippen LogP contribution in [0.25, 0.3) is 0 Å². The summed E-state index contributed by atoms with van der Waals surface area (Å²) >= 11 is 11.8. The van der Waals surface area contributed by atoms with Crippen LogP contribution < -0.4 is 5.32 Å². The number of nitrogens with one attached hydrogen (secondary N) is 1. The maximum absolute atomic E-state index is 11.9. The molecule has 0 saturated heterocycles. The number of carbonyl (C=O) groups is 1. The van der Waals surface area contributed by atoms with E-state index in [1.54, 1.807) is 42.5 Å². The normalized spacial score (nSPS) is 21.1. The van der Waals surface area contributed by atoms with Gasteiger partial charge < -0.3 is 10.4 Å². The van der Waals surface area contributed by atoms with Crippen molar-refractivity contribution >= 4 is 29.1 Å². The van der Waals surface area contributed by atoms with Crippen molar-refractivity contribution in [1.29, 1.82) is 0 Å². The minimum Gasteiger partial charge on any atom is -0.363 e. The van der Waals surface area contributed by atoms with Gasteiger partial charge >= 0.3 is 0 Å². The molecule has 2 N–H and O–H groups in total. The lowest BCUT2D eigenvalue weighted by atomic mass is 9.95. The van der Waals surface area contributed by atoms with Gasteiger partial charge in [0, 0.05) is 16.7 Å². The predicted molar refractivity (Wildman–Crippen MR) is 73.4 cm³/mol. The molecule has 1 amide bonds. The third-order valence-electron chi connectivity index (χ3n) is 3.19. The average molecular weight is 294 g/mol. The number of aliphatic hydroxyl groups is 1. The highest BCUT2D eigenvalue weighted by atomic mass is 35.5. The standard InChI is InChI=1S/C14H9Cl2NO2/c15-11-6-5-8(7-12(11)16)14(19)10-4-2-1-3-9(10)13(18)17-14/h1-7,19H,(H,17,18)/t14-/m0/s1. The summed E-state index contributed by atoms with van der Waals surface area (Å²) in [6.45, 7) is 0. The van der Waals surface area contributed by atoms with Crippen molar-refractivity contribution in [1.82, 2.24) is 5.32 Å². The minimum absolute atomic E-state index is 0.316. The highest BCUT2D eigenvalue weighted by Gasteiger charge is 2.42. The summed E-state index contributed by atoms with van der Waals surface area (Å²) in [4.78, 5) is 11.9. The van der Waals surface area contributed by atoms with Crippen LogP contribution in [-0.2, 0) is 5.72 Å². The number of halogens is 2. The molecule has 0 aromatic heterocycles. The van der Waals surface area contributed by atoms with Gasteiger partial charge in [0.2, 0.25) is 0 Å². The zero-order chi connectivity index (χ0) is 13.6. The first-order chi connectivity index (χ1) is 9.02. The summed E-state index contributed by atoms with van der Waals surface area (Å²) < 4.78 is 0. The highest BCUT2D eigenvalue weighted by molar-refractivity contribution is 6.42. The van der Waals surface area contributed by atoms with Gasteiger partial charge in [0.1, 0.15) is 0 Å². The third kappa shape index (κ3) is 1.82. The number of benzene rings is 2.